The largest absolute Gasteiger partial charge is 0.374 e. The highest BCUT2D eigenvalue weighted by molar-refractivity contribution is 7.12. The van der Waals surface area contributed by atoms with Crippen LogP contribution in [0.25, 0.3) is 0 Å². The molecule has 1 amide bonds. The van der Waals surface area contributed by atoms with Crippen molar-refractivity contribution < 1.29 is 9.53 Å². The van der Waals surface area contributed by atoms with Crippen molar-refractivity contribution >= 4 is 25.1 Å². The van der Waals surface area contributed by atoms with Gasteiger partial charge in [-0.15, -0.1) is 17.3 Å². The van der Waals surface area contributed by atoms with Crippen molar-refractivity contribution in [3.8, 4) is 0 Å². The van der Waals surface area contributed by atoms with E-state index in [1.165, 1.54) is 17.6 Å². The monoisotopic (exact) mass is 291 g/mol. The van der Waals surface area contributed by atoms with Gasteiger partial charge in [0.25, 0.3) is 0 Å². The van der Waals surface area contributed by atoms with E-state index >= 15 is 0 Å². The van der Waals surface area contributed by atoms with Crippen molar-refractivity contribution in [2.45, 2.75) is 45.3 Å². The van der Waals surface area contributed by atoms with E-state index in [0.29, 0.717) is 25.6 Å². The molecule has 1 unspecified atom stereocenters. The maximum absolute atomic E-state index is 11.7. The van der Waals surface area contributed by atoms with Crippen molar-refractivity contribution in [1.29, 1.82) is 1.34 Å². The van der Waals surface area contributed by atoms with E-state index < -0.39 is 0 Å². The molecule has 2 rings (SSSR count). The normalized spacial score (nSPS) is 20.1. The number of likely N-dealkylation sites (tertiary alicyclic amines) is 1. The predicted molar refractivity (Wildman–Crippen MR) is 84.2 cm³/mol. The van der Waals surface area contributed by atoms with Crippen LogP contribution in [0.1, 0.15) is 42.4 Å². The van der Waals surface area contributed by atoms with Gasteiger partial charge in [-0.05, 0) is 32.0 Å². The van der Waals surface area contributed by atoms with Gasteiger partial charge in [-0.25, -0.2) is 0 Å². The summed E-state index contributed by atoms with van der Waals surface area (Å²) in [5.74, 6) is 2.24. The minimum atomic E-state index is 0.0956. The Morgan fingerprint density at radius 1 is 1.65 bits per heavy atom. The number of hydrogen-bond acceptors (Lipinski definition) is 3. The molecular weight excluding hydrogens is 269 g/mol. The fourth-order valence-electron chi connectivity index (χ4n) is 2.30. The van der Waals surface area contributed by atoms with Gasteiger partial charge in [0.1, 0.15) is 7.81 Å². The van der Waals surface area contributed by atoms with Crippen molar-refractivity contribution in [2.75, 3.05) is 6.61 Å². The van der Waals surface area contributed by atoms with Gasteiger partial charge in [-0.3, -0.25) is 4.79 Å². The van der Waals surface area contributed by atoms with Crippen LogP contribution in [0.4, 0.5) is 0 Å². The summed E-state index contributed by atoms with van der Waals surface area (Å²) >= 11 is 1.79. The summed E-state index contributed by atoms with van der Waals surface area (Å²) in [4.78, 5) is 16.0. The Bertz CT molecular complexity index is 504. The lowest BCUT2D eigenvalue weighted by Gasteiger charge is -2.20. The first-order valence-electron chi connectivity index (χ1n) is 7.55. The SMILES string of the molecule is [2H][B]C=CN1C(=O)CCC1COCc1ccc(C(C)C)s1. The highest BCUT2D eigenvalue weighted by atomic mass is 32.1. The second kappa shape index (κ2) is 7.09. The number of rotatable bonds is 7. The Kier molecular flexibility index (Phi) is 4.93. The van der Waals surface area contributed by atoms with E-state index in [1.807, 2.05) is 0 Å². The Morgan fingerprint density at radius 2 is 2.50 bits per heavy atom. The molecule has 1 saturated heterocycles. The molecule has 1 fully saturated rings. The van der Waals surface area contributed by atoms with E-state index in [0.717, 1.165) is 6.42 Å². The molecular formula is C15H21BNO2S. The average molecular weight is 291 g/mol. The molecule has 0 aromatic carbocycles. The molecule has 1 aromatic rings. The first-order valence-corrected chi connectivity index (χ1v) is 7.79. The highest BCUT2D eigenvalue weighted by Gasteiger charge is 2.29. The van der Waals surface area contributed by atoms with Crippen molar-refractivity contribution in [3.63, 3.8) is 0 Å². The number of carbonyl (C=O) groups excluding carboxylic acids is 1. The molecule has 0 bridgehead atoms. The lowest BCUT2D eigenvalue weighted by molar-refractivity contribution is -0.127. The molecule has 2 heterocycles. The lowest BCUT2D eigenvalue weighted by Crippen LogP contribution is -2.31. The predicted octanol–water partition coefficient (Wildman–Crippen LogP) is 2.75. The zero-order chi connectivity index (χ0) is 15.2. The fraction of sp³-hybridized carbons (Fsp3) is 0.533. The van der Waals surface area contributed by atoms with Crippen LogP contribution in [-0.2, 0) is 16.1 Å². The molecule has 1 aromatic heterocycles. The minimum absolute atomic E-state index is 0.0956. The molecule has 107 valence electrons. The minimum Gasteiger partial charge on any atom is -0.374 e. The smallest absolute Gasteiger partial charge is 0.226 e. The van der Waals surface area contributed by atoms with Crippen LogP contribution in [0.5, 0.6) is 0 Å². The van der Waals surface area contributed by atoms with Gasteiger partial charge in [0.15, 0.2) is 0 Å². The molecule has 0 N–H and O–H groups in total. The molecule has 0 spiro atoms. The number of nitrogens with zero attached hydrogens (tertiary/aromatic N) is 1. The maximum Gasteiger partial charge on any atom is 0.226 e. The number of carbonyl (C=O) groups is 1. The summed E-state index contributed by atoms with van der Waals surface area (Å²) in [7, 11) is 1.18. The van der Waals surface area contributed by atoms with Gasteiger partial charge in [0.2, 0.25) is 5.91 Å². The summed E-state index contributed by atoms with van der Waals surface area (Å²) in [5, 5.41) is 0. The molecule has 1 aliphatic heterocycles. The van der Waals surface area contributed by atoms with E-state index in [1.54, 1.807) is 28.4 Å². The van der Waals surface area contributed by atoms with Crippen molar-refractivity contribution in [2.24, 2.45) is 0 Å². The zero-order valence-corrected chi connectivity index (χ0v) is 12.9. The quantitative estimate of drug-likeness (QED) is 0.723. The third-order valence-corrected chi connectivity index (χ3v) is 4.78. The van der Waals surface area contributed by atoms with E-state index in [-0.39, 0.29) is 11.9 Å². The number of hydrogen-bond donors (Lipinski definition) is 0. The maximum atomic E-state index is 11.7. The molecule has 5 heteroatoms. The van der Waals surface area contributed by atoms with Gasteiger partial charge < -0.3 is 9.64 Å². The molecule has 1 aliphatic rings. The molecule has 1 atom stereocenters. The Morgan fingerprint density at radius 3 is 3.20 bits per heavy atom. The first-order chi connectivity index (χ1) is 10.1. The average Bonchev–Trinajstić information content (AvgIpc) is 3.05. The van der Waals surface area contributed by atoms with Gasteiger partial charge in [-0.1, -0.05) is 13.8 Å². The van der Waals surface area contributed by atoms with Crippen LogP contribution in [0.15, 0.2) is 24.3 Å². The summed E-state index contributed by atoms with van der Waals surface area (Å²) < 4.78 is 12.8. The summed E-state index contributed by atoms with van der Waals surface area (Å²) in [5.41, 5.74) is 0. The standard InChI is InChI=1S/C15H21BNO2S/c1-11(2)14-5-4-13(20-14)10-19-9-12-3-6-15(18)17(12)8-7-16/h4-5,7-8,11-12,16H,3,6,9-10H2,1-2H3/i16D. The number of amides is 1. The molecule has 3 nitrogen and oxygen atoms in total. The Balaban J connectivity index is 1.81. The van der Waals surface area contributed by atoms with Crippen molar-refractivity contribution in [3.05, 3.63) is 34.1 Å². The molecule has 0 saturated carbocycles. The van der Waals surface area contributed by atoms with Crippen molar-refractivity contribution in [1.82, 2.24) is 4.90 Å². The second-order valence-corrected chi connectivity index (χ2v) is 6.51. The van der Waals surface area contributed by atoms with Gasteiger partial charge >= 0.3 is 0 Å². The van der Waals surface area contributed by atoms with Crippen LogP contribution in [0.2, 0.25) is 0 Å². The van der Waals surface area contributed by atoms with Gasteiger partial charge in [0.05, 0.1) is 19.3 Å². The van der Waals surface area contributed by atoms with Crippen LogP contribution >= 0.6 is 11.3 Å². The Labute approximate surface area is 127 Å². The summed E-state index contributed by atoms with van der Waals surface area (Å²) in [6.45, 7) is 5.52. The lowest BCUT2D eigenvalue weighted by atomic mass is 10.1. The van der Waals surface area contributed by atoms with Crippen LogP contribution in [0, 0.1) is 0 Å². The van der Waals surface area contributed by atoms with E-state index in [4.69, 9.17) is 6.07 Å². The highest BCUT2D eigenvalue weighted by Crippen LogP contribution is 2.25. The topological polar surface area (TPSA) is 29.5 Å². The summed E-state index contributed by atoms with van der Waals surface area (Å²) in [6, 6.07) is 4.37. The first kappa shape index (κ1) is 13.9. The van der Waals surface area contributed by atoms with Gasteiger partial charge in [0, 0.05) is 16.2 Å². The third kappa shape index (κ3) is 3.73. The number of ether oxygens (including phenoxy) is 1. The van der Waals surface area contributed by atoms with Crippen LogP contribution in [-0.4, -0.2) is 32.6 Å². The summed E-state index contributed by atoms with van der Waals surface area (Å²) in [6.07, 6.45) is 3.06. The molecule has 0 aliphatic carbocycles. The Hall–Kier alpha value is -1.07. The second-order valence-electron chi connectivity index (χ2n) is 5.31. The van der Waals surface area contributed by atoms with Crippen LogP contribution < -0.4 is 0 Å². The zero-order valence-electron chi connectivity index (χ0n) is 13.0. The van der Waals surface area contributed by atoms with E-state index in [2.05, 4.69) is 26.0 Å². The fourth-order valence-corrected chi connectivity index (χ4v) is 3.25. The van der Waals surface area contributed by atoms with Crippen LogP contribution in [0.3, 0.4) is 0 Å². The molecule has 20 heavy (non-hydrogen) atoms. The van der Waals surface area contributed by atoms with Gasteiger partial charge in [-0.2, -0.15) is 0 Å². The van der Waals surface area contributed by atoms with E-state index in [9.17, 15) is 4.79 Å². The third-order valence-electron chi connectivity index (χ3n) is 3.43. The number of thiophene rings is 1. The molecule has 1 radical (unpaired) electrons.